The molecule has 0 bridgehead atoms. The summed E-state index contributed by atoms with van der Waals surface area (Å²) in [5.74, 6) is -0.965. The fourth-order valence-electron chi connectivity index (χ4n) is 3.01. The molecule has 4 nitrogen and oxygen atoms in total. The van der Waals surface area contributed by atoms with Crippen molar-refractivity contribution < 1.29 is 31.1 Å². The summed E-state index contributed by atoms with van der Waals surface area (Å²) in [6.07, 6.45) is -8.52. The van der Waals surface area contributed by atoms with Crippen LogP contribution in [-0.4, -0.2) is 45.6 Å². The van der Waals surface area contributed by atoms with Crippen LogP contribution in [0.25, 0.3) is 11.7 Å². The Morgan fingerprint density at radius 2 is 1.85 bits per heavy atom. The van der Waals surface area contributed by atoms with Gasteiger partial charge in [0.1, 0.15) is 5.65 Å². The molecule has 27 heavy (non-hydrogen) atoms. The molecule has 1 fully saturated rings. The number of hydrogen-bond donors (Lipinski definition) is 0. The number of alkyl halides is 6. The fraction of sp³-hybridized carbons (Fsp3) is 0.375. The molecule has 0 atom stereocenters. The maximum atomic E-state index is 13.1. The van der Waals surface area contributed by atoms with Crippen LogP contribution in [0.5, 0.6) is 0 Å². The highest BCUT2D eigenvalue weighted by Gasteiger charge is 2.72. The number of hydrogen-bond acceptors (Lipinski definition) is 2. The van der Waals surface area contributed by atoms with Crippen LogP contribution >= 0.6 is 11.6 Å². The minimum atomic E-state index is -5.51. The number of carbonyl (C=O) groups excluding carboxylic acids is 1. The predicted octanol–water partition coefficient (Wildman–Crippen LogP) is 4.34. The molecule has 2 aromatic rings. The number of rotatable bonds is 2. The van der Waals surface area contributed by atoms with E-state index in [1.165, 1.54) is 10.5 Å². The van der Waals surface area contributed by atoms with Gasteiger partial charge in [0.05, 0.1) is 5.69 Å². The smallest absolute Gasteiger partial charge is 0.338 e. The third-order valence-electron chi connectivity index (χ3n) is 4.57. The first-order chi connectivity index (χ1) is 12.5. The third-order valence-corrected chi connectivity index (χ3v) is 4.85. The van der Waals surface area contributed by atoms with Gasteiger partial charge in [0, 0.05) is 25.4 Å². The zero-order valence-electron chi connectivity index (χ0n) is 13.5. The van der Waals surface area contributed by atoms with Gasteiger partial charge in [-0.05, 0) is 24.6 Å². The van der Waals surface area contributed by atoms with E-state index < -0.39 is 43.2 Å². The van der Waals surface area contributed by atoms with Crippen molar-refractivity contribution in [2.24, 2.45) is 5.41 Å². The Balaban J connectivity index is 1.83. The molecule has 0 radical (unpaired) electrons. The first-order valence-corrected chi connectivity index (χ1v) is 8.07. The maximum absolute atomic E-state index is 13.1. The molecule has 0 N–H and O–H groups in total. The number of halogens is 7. The predicted molar refractivity (Wildman–Crippen MR) is 85.0 cm³/mol. The number of amides is 1. The van der Waals surface area contributed by atoms with Gasteiger partial charge in [0.15, 0.2) is 10.6 Å². The van der Waals surface area contributed by atoms with Crippen LogP contribution in [0.15, 0.2) is 30.5 Å². The number of likely N-dealkylation sites (tertiary alicyclic amines) is 1. The number of fused-ring (bicyclic) bond motifs is 1. The van der Waals surface area contributed by atoms with E-state index in [4.69, 9.17) is 11.6 Å². The van der Waals surface area contributed by atoms with E-state index >= 15 is 0 Å². The van der Waals surface area contributed by atoms with Gasteiger partial charge in [-0.15, -0.1) is 0 Å². The summed E-state index contributed by atoms with van der Waals surface area (Å²) in [5, 5.41) is 0.0478. The molecular formula is C16H12ClF6N3O. The lowest BCUT2D eigenvalue weighted by atomic mass is 9.85. The molecule has 1 saturated heterocycles. The van der Waals surface area contributed by atoms with Gasteiger partial charge < -0.3 is 4.90 Å². The van der Waals surface area contributed by atoms with E-state index in [1.54, 1.807) is 24.4 Å². The van der Waals surface area contributed by atoms with Gasteiger partial charge in [0.2, 0.25) is 5.91 Å². The van der Waals surface area contributed by atoms with Crippen LogP contribution in [0.2, 0.25) is 5.15 Å². The summed E-state index contributed by atoms with van der Waals surface area (Å²) in [5.41, 5.74) is -3.15. The second-order valence-corrected chi connectivity index (χ2v) is 6.50. The topological polar surface area (TPSA) is 37.6 Å². The molecule has 3 heterocycles. The average Bonchev–Trinajstić information content (AvgIpc) is 3.14. The standard InChI is InChI=1S/C16H12ClF6N3O/c17-13-10(26-7-2-1-3-11(26)24-13)4-5-12(27)25-8-6-14(9-25,15(18,19)20)16(21,22)23/h1-5,7H,6,8-9H2/b5-4+. The maximum Gasteiger partial charge on any atom is 0.404 e. The number of pyridine rings is 1. The van der Waals surface area contributed by atoms with Gasteiger partial charge in [-0.3, -0.25) is 9.20 Å². The largest absolute Gasteiger partial charge is 0.404 e. The van der Waals surface area contributed by atoms with E-state index in [9.17, 15) is 31.1 Å². The SMILES string of the molecule is O=C(/C=C/c1c(Cl)nc2ccccn12)N1CCC(C(F)(F)F)(C(F)(F)F)C1. The lowest BCUT2D eigenvalue weighted by Crippen LogP contribution is -2.52. The molecule has 1 aliphatic rings. The van der Waals surface area contributed by atoms with Crippen LogP contribution in [0.1, 0.15) is 12.1 Å². The van der Waals surface area contributed by atoms with Crippen LogP contribution < -0.4 is 0 Å². The summed E-state index contributed by atoms with van der Waals surface area (Å²) in [6, 6.07) is 5.02. The lowest BCUT2D eigenvalue weighted by molar-refractivity contribution is -0.334. The molecule has 0 spiro atoms. The molecule has 0 saturated carbocycles. The van der Waals surface area contributed by atoms with Crippen molar-refractivity contribution in [3.05, 3.63) is 41.3 Å². The first kappa shape index (κ1) is 19.5. The van der Waals surface area contributed by atoms with E-state index in [0.29, 0.717) is 10.5 Å². The molecule has 146 valence electrons. The minimum absolute atomic E-state index is 0.0478. The van der Waals surface area contributed by atoms with Crippen LogP contribution in [0.3, 0.4) is 0 Å². The van der Waals surface area contributed by atoms with Gasteiger partial charge in [-0.1, -0.05) is 17.7 Å². The van der Waals surface area contributed by atoms with E-state index in [-0.39, 0.29) is 10.8 Å². The quantitative estimate of drug-likeness (QED) is 0.544. The minimum Gasteiger partial charge on any atom is -0.338 e. The van der Waals surface area contributed by atoms with Gasteiger partial charge in [0.25, 0.3) is 0 Å². The summed E-state index contributed by atoms with van der Waals surface area (Å²) < 4.78 is 80.0. The summed E-state index contributed by atoms with van der Waals surface area (Å²) in [6.45, 7) is -2.12. The van der Waals surface area contributed by atoms with E-state index in [2.05, 4.69) is 4.98 Å². The normalized spacial score (nSPS) is 18.0. The molecule has 0 aliphatic carbocycles. The summed E-state index contributed by atoms with van der Waals surface area (Å²) in [4.78, 5) is 16.7. The molecule has 3 rings (SSSR count). The molecule has 0 aromatic carbocycles. The Morgan fingerprint density at radius 1 is 1.19 bits per heavy atom. The summed E-state index contributed by atoms with van der Waals surface area (Å²) >= 11 is 5.97. The number of carbonyl (C=O) groups is 1. The first-order valence-electron chi connectivity index (χ1n) is 7.69. The van der Waals surface area contributed by atoms with Crippen molar-refractivity contribution in [1.29, 1.82) is 0 Å². The fourth-order valence-corrected chi connectivity index (χ4v) is 3.25. The molecule has 1 aliphatic heterocycles. The van der Waals surface area contributed by atoms with Crippen LogP contribution in [-0.2, 0) is 4.79 Å². The Kier molecular flexibility index (Phi) is 4.65. The van der Waals surface area contributed by atoms with Crippen molar-refractivity contribution in [3.63, 3.8) is 0 Å². The Hall–Kier alpha value is -2.23. The van der Waals surface area contributed by atoms with Gasteiger partial charge >= 0.3 is 12.4 Å². The molecule has 2 aromatic heterocycles. The van der Waals surface area contributed by atoms with Crippen molar-refractivity contribution >= 4 is 29.2 Å². The van der Waals surface area contributed by atoms with Crippen LogP contribution in [0.4, 0.5) is 26.3 Å². The highest BCUT2D eigenvalue weighted by Crippen LogP contribution is 2.55. The van der Waals surface area contributed by atoms with Crippen molar-refractivity contribution in [2.75, 3.05) is 13.1 Å². The van der Waals surface area contributed by atoms with Crippen molar-refractivity contribution in [2.45, 2.75) is 18.8 Å². The highest BCUT2D eigenvalue weighted by molar-refractivity contribution is 6.31. The number of imidazole rings is 1. The lowest BCUT2D eigenvalue weighted by Gasteiger charge is -2.33. The van der Waals surface area contributed by atoms with E-state index in [1.807, 2.05) is 0 Å². The Bertz CT molecular complexity index is 888. The monoisotopic (exact) mass is 411 g/mol. The molecule has 11 heteroatoms. The molecule has 0 unspecified atom stereocenters. The zero-order chi connectivity index (χ0) is 20.0. The van der Waals surface area contributed by atoms with E-state index in [0.717, 1.165) is 6.08 Å². The Morgan fingerprint density at radius 3 is 2.44 bits per heavy atom. The second-order valence-electron chi connectivity index (χ2n) is 6.14. The molecular weight excluding hydrogens is 400 g/mol. The average molecular weight is 412 g/mol. The Labute approximate surface area is 154 Å². The molecule has 1 amide bonds. The van der Waals surface area contributed by atoms with Gasteiger partial charge in [-0.2, -0.15) is 26.3 Å². The summed E-state index contributed by atoms with van der Waals surface area (Å²) in [7, 11) is 0. The number of aromatic nitrogens is 2. The number of nitrogens with zero attached hydrogens (tertiary/aromatic N) is 3. The zero-order valence-corrected chi connectivity index (χ0v) is 14.2. The van der Waals surface area contributed by atoms with Crippen molar-refractivity contribution in [3.8, 4) is 0 Å². The van der Waals surface area contributed by atoms with Crippen molar-refractivity contribution in [1.82, 2.24) is 14.3 Å². The highest BCUT2D eigenvalue weighted by atomic mass is 35.5. The second kappa shape index (κ2) is 6.43. The van der Waals surface area contributed by atoms with Gasteiger partial charge in [-0.25, -0.2) is 4.98 Å². The van der Waals surface area contributed by atoms with Crippen LogP contribution in [0, 0.1) is 5.41 Å². The third kappa shape index (κ3) is 3.26.